The predicted molar refractivity (Wildman–Crippen MR) is 90.3 cm³/mol. The van der Waals surface area contributed by atoms with Crippen LogP contribution >= 0.6 is 0 Å². The van der Waals surface area contributed by atoms with Gasteiger partial charge in [0.15, 0.2) is 16.4 Å². The molecule has 0 spiro atoms. The molecule has 0 saturated carbocycles. The fourth-order valence-corrected chi connectivity index (χ4v) is 4.59. The van der Waals surface area contributed by atoms with E-state index in [9.17, 15) is 13.2 Å². The Labute approximate surface area is 142 Å². The van der Waals surface area contributed by atoms with Crippen LogP contribution in [0.25, 0.3) is 0 Å². The van der Waals surface area contributed by atoms with Crippen LogP contribution < -0.4 is 4.74 Å². The number of sulfone groups is 1. The van der Waals surface area contributed by atoms with Crippen molar-refractivity contribution in [1.29, 1.82) is 5.26 Å². The Bertz CT molecular complexity index is 739. The van der Waals surface area contributed by atoms with Gasteiger partial charge in [-0.1, -0.05) is 13.0 Å². The van der Waals surface area contributed by atoms with E-state index in [4.69, 9.17) is 10.00 Å². The topological polar surface area (TPSA) is 87.5 Å². The van der Waals surface area contributed by atoms with Gasteiger partial charge >= 0.3 is 0 Å². The normalized spacial score (nSPS) is 20.1. The van der Waals surface area contributed by atoms with Crippen LogP contribution in [0, 0.1) is 11.3 Å². The van der Waals surface area contributed by atoms with Crippen molar-refractivity contribution in [3.05, 3.63) is 29.8 Å². The highest BCUT2D eigenvalue weighted by atomic mass is 32.2. The number of nitrogens with zero attached hydrogens (tertiary/aromatic N) is 2. The van der Waals surface area contributed by atoms with Crippen LogP contribution in [-0.2, 0) is 14.6 Å². The molecule has 1 aromatic carbocycles. The summed E-state index contributed by atoms with van der Waals surface area (Å²) in [6, 6.07) is 8.28. The van der Waals surface area contributed by atoms with Crippen LogP contribution in [0.5, 0.6) is 5.75 Å². The zero-order valence-electron chi connectivity index (χ0n) is 13.9. The molecule has 1 aliphatic rings. The number of rotatable bonds is 6. The first kappa shape index (κ1) is 18.3. The molecule has 0 bridgehead atoms. The third-order valence-corrected chi connectivity index (χ3v) is 6.03. The van der Waals surface area contributed by atoms with Crippen LogP contribution in [0.1, 0.15) is 32.3 Å². The molecule has 7 heteroatoms. The molecule has 0 aliphatic carbocycles. The molecule has 1 amide bonds. The molecule has 2 atom stereocenters. The van der Waals surface area contributed by atoms with E-state index >= 15 is 0 Å². The van der Waals surface area contributed by atoms with Gasteiger partial charge in [-0.05, 0) is 38.0 Å². The predicted octanol–water partition coefficient (Wildman–Crippen LogP) is 1.75. The molecular weight excluding hydrogens is 328 g/mol. The molecule has 130 valence electrons. The number of hydrogen-bond donors (Lipinski definition) is 0. The number of ether oxygens (including phenoxy) is 1. The summed E-state index contributed by atoms with van der Waals surface area (Å²) in [5.74, 6) is 0.370. The van der Waals surface area contributed by atoms with Crippen molar-refractivity contribution >= 4 is 15.7 Å². The number of nitriles is 1. The molecule has 1 heterocycles. The Morgan fingerprint density at radius 3 is 2.83 bits per heavy atom. The molecule has 0 radical (unpaired) electrons. The van der Waals surface area contributed by atoms with E-state index in [-0.39, 0.29) is 36.1 Å². The van der Waals surface area contributed by atoms with Crippen LogP contribution in [0.15, 0.2) is 24.3 Å². The fourth-order valence-electron chi connectivity index (χ4n) is 2.88. The van der Waals surface area contributed by atoms with Gasteiger partial charge < -0.3 is 9.64 Å². The molecular formula is C17H22N2O4S. The number of hydrogen-bond acceptors (Lipinski definition) is 5. The maximum absolute atomic E-state index is 12.6. The van der Waals surface area contributed by atoms with Crippen molar-refractivity contribution in [2.24, 2.45) is 0 Å². The van der Waals surface area contributed by atoms with Crippen molar-refractivity contribution in [1.82, 2.24) is 4.90 Å². The molecule has 1 aliphatic heterocycles. The van der Waals surface area contributed by atoms with Crippen LogP contribution in [0.4, 0.5) is 0 Å². The molecule has 24 heavy (non-hydrogen) atoms. The average Bonchev–Trinajstić information content (AvgIpc) is 2.92. The molecule has 0 N–H and O–H groups in total. The largest absolute Gasteiger partial charge is 0.484 e. The van der Waals surface area contributed by atoms with E-state index in [2.05, 4.69) is 0 Å². The fraction of sp³-hybridized carbons (Fsp3) is 0.529. The molecule has 1 saturated heterocycles. The zero-order chi connectivity index (χ0) is 17.7. The molecule has 1 aromatic rings. The highest BCUT2D eigenvalue weighted by molar-refractivity contribution is 7.91. The SMILES string of the molecule is CC[C@@H](C)N(C(=O)COc1cccc(C#N)c1)[C@@H]1CCS(=O)(=O)C1. The van der Waals surface area contributed by atoms with E-state index in [1.54, 1.807) is 29.2 Å². The van der Waals surface area contributed by atoms with Gasteiger partial charge in [0.1, 0.15) is 5.75 Å². The van der Waals surface area contributed by atoms with E-state index in [1.165, 1.54) is 0 Å². The first-order valence-electron chi connectivity index (χ1n) is 8.01. The minimum absolute atomic E-state index is 0.0208. The van der Waals surface area contributed by atoms with Crippen molar-refractivity contribution in [3.63, 3.8) is 0 Å². The Morgan fingerprint density at radius 2 is 2.25 bits per heavy atom. The summed E-state index contributed by atoms with van der Waals surface area (Å²) in [4.78, 5) is 14.3. The van der Waals surface area contributed by atoms with Gasteiger partial charge in [0.05, 0.1) is 23.1 Å². The lowest BCUT2D eigenvalue weighted by molar-refractivity contribution is -0.137. The van der Waals surface area contributed by atoms with Gasteiger partial charge in [0, 0.05) is 12.1 Å². The highest BCUT2D eigenvalue weighted by Gasteiger charge is 2.36. The summed E-state index contributed by atoms with van der Waals surface area (Å²) in [6.07, 6.45) is 1.22. The standard InChI is InChI=1S/C17H22N2O4S/c1-3-13(2)19(15-7-8-24(21,22)12-15)17(20)11-23-16-6-4-5-14(9-16)10-18/h4-6,9,13,15H,3,7-8,11-12H2,1-2H3/t13-,15-/m1/s1. The summed E-state index contributed by atoms with van der Waals surface area (Å²) in [5.41, 5.74) is 0.459. The Hall–Kier alpha value is -2.07. The minimum atomic E-state index is -3.06. The van der Waals surface area contributed by atoms with Crippen LogP contribution in [0.3, 0.4) is 0 Å². The maximum Gasteiger partial charge on any atom is 0.261 e. The smallest absolute Gasteiger partial charge is 0.261 e. The lowest BCUT2D eigenvalue weighted by Gasteiger charge is -2.33. The summed E-state index contributed by atoms with van der Waals surface area (Å²) in [7, 11) is -3.06. The molecule has 6 nitrogen and oxygen atoms in total. The van der Waals surface area contributed by atoms with E-state index in [1.807, 2.05) is 19.9 Å². The summed E-state index contributed by atoms with van der Waals surface area (Å²) >= 11 is 0. The second kappa shape index (κ2) is 7.67. The number of benzene rings is 1. The zero-order valence-corrected chi connectivity index (χ0v) is 14.8. The average molecular weight is 350 g/mol. The molecule has 0 aromatic heterocycles. The van der Waals surface area contributed by atoms with Crippen molar-refractivity contribution in [2.75, 3.05) is 18.1 Å². The van der Waals surface area contributed by atoms with E-state index in [0.29, 0.717) is 17.7 Å². The van der Waals surface area contributed by atoms with E-state index < -0.39 is 9.84 Å². The summed E-state index contributed by atoms with van der Waals surface area (Å²) in [6.45, 7) is 3.71. The van der Waals surface area contributed by atoms with Gasteiger partial charge in [0.2, 0.25) is 0 Å². The number of amides is 1. The minimum Gasteiger partial charge on any atom is -0.484 e. The third kappa shape index (κ3) is 4.48. The van der Waals surface area contributed by atoms with Crippen LogP contribution in [0.2, 0.25) is 0 Å². The van der Waals surface area contributed by atoms with Crippen molar-refractivity contribution < 1.29 is 17.9 Å². The second-order valence-electron chi connectivity index (χ2n) is 6.04. The van der Waals surface area contributed by atoms with Gasteiger partial charge in [-0.15, -0.1) is 0 Å². The first-order valence-corrected chi connectivity index (χ1v) is 9.83. The summed E-state index contributed by atoms with van der Waals surface area (Å²) in [5, 5.41) is 8.89. The van der Waals surface area contributed by atoms with Gasteiger partial charge in [-0.25, -0.2) is 8.42 Å². The Morgan fingerprint density at radius 1 is 1.50 bits per heavy atom. The quantitative estimate of drug-likeness (QED) is 0.780. The lowest BCUT2D eigenvalue weighted by Crippen LogP contribution is -2.48. The maximum atomic E-state index is 12.6. The number of carbonyl (C=O) groups excluding carboxylic acids is 1. The van der Waals surface area contributed by atoms with Gasteiger partial charge in [-0.3, -0.25) is 4.79 Å². The lowest BCUT2D eigenvalue weighted by atomic mass is 10.1. The third-order valence-electron chi connectivity index (χ3n) is 4.28. The Balaban J connectivity index is 2.06. The first-order chi connectivity index (χ1) is 11.4. The summed E-state index contributed by atoms with van der Waals surface area (Å²) < 4.78 is 29.0. The molecule has 1 fully saturated rings. The molecule has 2 rings (SSSR count). The van der Waals surface area contributed by atoms with Crippen molar-refractivity contribution in [2.45, 2.75) is 38.8 Å². The van der Waals surface area contributed by atoms with E-state index in [0.717, 1.165) is 6.42 Å². The number of carbonyl (C=O) groups is 1. The molecule has 0 unspecified atom stereocenters. The monoisotopic (exact) mass is 350 g/mol. The van der Waals surface area contributed by atoms with Crippen LogP contribution in [-0.4, -0.2) is 49.4 Å². The van der Waals surface area contributed by atoms with Gasteiger partial charge in [0.25, 0.3) is 5.91 Å². The Kier molecular flexibility index (Phi) is 5.84. The van der Waals surface area contributed by atoms with Gasteiger partial charge in [-0.2, -0.15) is 5.26 Å². The second-order valence-corrected chi connectivity index (χ2v) is 8.27. The van der Waals surface area contributed by atoms with Crippen molar-refractivity contribution in [3.8, 4) is 11.8 Å². The highest BCUT2D eigenvalue weighted by Crippen LogP contribution is 2.22.